The van der Waals surface area contributed by atoms with Gasteiger partial charge in [0.2, 0.25) is 11.9 Å². The summed E-state index contributed by atoms with van der Waals surface area (Å²) in [5, 5.41) is 6.41. The van der Waals surface area contributed by atoms with Crippen molar-refractivity contribution in [1.29, 1.82) is 0 Å². The molecule has 1 aromatic heterocycles. The molecular weight excluding hydrogens is 494 g/mol. The standard InChI is InChI=1S/C26H28ClN7O3/c1-33(17-5-7-21-16(13-17)3-2-4-23(35)30-21)26-29-15-20(27)25(32-26)31-22-8-6-18(14-19(22)24(28)36)34-9-11-37-12-10-34/h5-8,13-15H,2-4,9-12H2,1H3,(H2,28,36)(H,30,35)(H,29,31,32). The smallest absolute Gasteiger partial charge is 0.250 e. The van der Waals surface area contributed by atoms with E-state index in [1.54, 1.807) is 12.1 Å². The molecular formula is C26H28ClN7O3. The van der Waals surface area contributed by atoms with Gasteiger partial charge in [-0.15, -0.1) is 0 Å². The predicted molar refractivity (Wildman–Crippen MR) is 144 cm³/mol. The fourth-order valence-corrected chi connectivity index (χ4v) is 4.62. The normalized spacial score (nSPS) is 15.4. The van der Waals surface area contributed by atoms with Crippen LogP contribution in [0, 0.1) is 0 Å². The van der Waals surface area contributed by atoms with E-state index in [-0.39, 0.29) is 5.91 Å². The molecule has 3 aromatic rings. The van der Waals surface area contributed by atoms with Gasteiger partial charge < -0.3 is 30.9 Å². The highest BCUT2D eigenvalue weighted by Gasteiger charge is 2.19. The van der Waals surface area contributed by atoms with Crippen LogP contribution in [0.5, 0.6) is 0 Å². The van der Waals surface area contributed by atoms with Crippen LogP contribution in [0.4, 0.5) is 34.5 Å². The third kappa shape index (κ3) is 5.45. The van der Waals surface area contributed by atoms with Crippen LogP contribution in [0.1, 0.15) is 28.8 Å². The second-order valence-electron chi connectivity index (χ2n) is 8.99. The van der Waals surface area contributed by atoms with Gasteiger partial charge in [0, 0.05) is 43.6 Å². The van der Waals surface area contributed by atoms with Crippen molar-refractivity contribution in [2.45, 2.75) is 19.3 Å². The third-order valence-electron chi connectivity index (χ3n) is 6.53. The molecule has 37 heavy (non-hydrogen) atoms. The van der Waals surface area contributed by atoms with E-state index in [1.165, 1.54) is 6.20 Å². The molecule has 0 aliphatic carbocycles. The van der Waals surface area contributed by atoms with Gasteiger partial charge in [-0.25, -0.2) is 4.98 Å². The summed E-state index contributed by atoms with van der Waals surface area (Å²) in [5.74, 6) is 0.236. The first-order chi connectivity index (χ1) is 17.9. The van der Waals surface area contributed by atoms with Crippen molar-refractivity contribution in [3.63, 3.8) is 0 Å². The van der Waals surface area contributed by atoms with Crippen molar-refractivity contribution < 1.29 is 14.3 Å². The van der Waals surface area contributed by atoms with Gasteiger partial charge in [-0.2, -0.15) is 4.98 Å². The molecule has 0 bridgehead atoms. The summed E-state index contributed by atoms with van der Waals surface area (Å²) in [6.07, 6.45) is 3.62. The number of morpholine rings is 1. The summed E-state index contributed by atoms with van der Waals surface area (Å²) in [7, 11) is 1.86. The zero-order valence-electron chi connectivity index (χ0n) is 20.5. The molecule has 4 N–H and O–H groups in total. The number of nitrogens with two attached hydrogens (primary N) is 1. The first-order valence-corrected chi connectivity index (χ1v) is 12.5. The Morgan fingerprint density at radius 3 is 2.78 bits per heavy atom. The Kier molecular flexibility index (Phi) is 7.11. The summed E-state index contributed by atoms with van der Waals surface area (Å²) in [6.45, 7) is 2.76. The Labute approximate surface area is 219 Å². The quantitative estimate of drug-likeness (QED) is 0.446. The Balaban J connectivity index is 1.41. The van der Waals surface area contributed by atoms with E-state index in [9.17, 15) is 9.59 Å². The minimum absolute atomic E-state index is 0.0323. The second kappa shape index (κ2) is 10.6. The van der Waals surface area contributed by atoms with Crippen LogP contribution >= 0.6 is 11.6 Å². The number of carbonyl (C=O) groups is 2. The van der Waals surface area contributed by atoms with Crippen molar-refractivity contribution in [1.82, 2.24) is 9.97 Å². The number of amides is 2. The average molecular weight is 522 g/mol. The monoisotopic (exact) mass is 521 g/mol. The van der Waals surface area contributed by atoms with E-state index in [4.69, 9.17) is 22.1 Å². The number of primary amides is 1. The lowest BCUT2D eigenvalue weighted by molar-refractivity contribution is -0.116. The van der Waals surface area contributed by atoms with Crippen molar-refractivity contribution in [2.75, 3.05) is 53.8 Å². The molecule has 192 valence electrons. The lowest BCUT2D eigenvalue weighted by Crippen LogP contribution is -2.36. The zero-order valence-corrected chi connectivity index (χ0v) is 21.2. The van der Waals surface area contributed by atoms with E-state index >= 15 is 0 Å². The predicted octanol–water partition coefficient (Wildman–Crippen LogP) is 3.85. The first kappa shape index (κ1) is 24.8. The maximum Gasteiger partial charge on any atom is 0.250 e. The molecule has 0 radical (unpaired) electrons. The molecule has 3 heterocycles. The molecule has 0 atom stereocenters. The van der Waals surface area contributed by atoms with Crippen molar-refractivity contribution in [2.24, 2.45) is 5.73 Å². The van der Waals surface area contributed by atoms with Gasteiger partial charge in [0.1, 0.15) is 5.02 Å². The average Bonchev–Trinajstić information content (AvgIpc) is 3.10. The maximum absolute atomic E-state index is 12.3. The number of aromatic nitrogens is 2. The molecule has 2 amide bonds. The molecule has 10 nitrogen and oxygen atoms in total. The van der Waals surface area contributed by atoms with Crippen LogP contribution in [0.25, 0.3) is 0 Å². The number of hydrogen-bond donors (Lipinski definition) is 3. The third-order valence-corrected chi connectivity index (χ3v) is 6.81. The first-order valence-electron chi connectivity index (χ1n) is 12.1. The summed E-state index contributed by atoms with van der Waals surface area (Å²) in [4.78, 5) is 37.2. The van der Waals surface area contributed by atoms with Gasteiger partial charge in [-0.3, -0.25) is 9.59 Å². The lowest BCUT2D eigenvalue weighted by Gasteiger charge is -2.29. The number of fused-ring (bicyclic) bond motifs is 1. The molecule has 0 spiro atoms. The molecule has 0 saturated carbocycles. The van der Waals surface area contributed by atoms with Crippen molar-refractivity contribution >= 4 is 57.9 Å². The number of ether oxygens (including phenoxy) is 1. The van der Waals surface area contributed by atoms with E-state index in [1.807, 2.05) is 36.2 Å². The molecule has 0 unspecified atom stereocenters. The van der Waals surface area contributed by atoms with Crippen LogP contribution in [0.3, 0.4) is 0 Å². The minimum Gasteiger partial charge on any atom is -0.378 e. The molecule has 1 saturated heterocycles. The van der Waals surface area contributed by atoms with Gasteiger partial charge in [-0.05, 0) is 54.8 Å². The second-order valence-corrected chi connectivity index (χ2v) is 9.39. The molecule has 2 aromatic carbocycles. The van der Waals surface area contributed by atoms with Crippen molar-refractivity contribution in [3.05, 3.63) is 58.7 Å². The fraction of sp³-hybridized carbons (Fsp3) is 0.308. The topological polar surface area (TPSA) is 126 Å². The van der Waals surface area contributed by atoms with Crippen molar-refractivity contribution in [3.8, 4) is 0 Å². The highest BCUT2D eigenvalue weighted by molar-refractivity contribution is 6.33. The van der Waals surface area contributed by atoms with Gasteiger partial charge in [0.25, 0.3) is 5.91 Å². The number of anilines is 6. The number of benzene rings is 2. The fourth-order valence-electron chi connectivity index (χ4n) is 4.48. The number of aryl methyl sites for hydroxylation is 1. The van der Waals surface area contributed by atoms with Crippen LogP contribution in [0.15, 0.2) is 42.6 Å². The number of nitrogens with zero attached hydrogens (tertiary/aromatic N) is 4. The molecule has 2 aliphatic heterocycles. The summed E-state index contributed by atoms with van der Waals surface area (Å²) in [5.41, 5.74) is 10.2. The summed E-state index contributed by atoms with van der Waals surface area (Å²) in [6, 6.07) is 11.3. The van der Waals surface area contributed by atoms with Crippen LogP contribution in [-0.2, 0) is 16.0 Å². The van der Waals surface area contributed by atoms with Gasteiger partial charge in [0.05, 0.1) is 30.7 Å². The molecule has 1 fully saturated rings. The van der Waals surface area contributed by atoms with Gasteiger partial charge in [0.15, 0.2) is 5.82 Å². The van der Waals surface area contributed by atoms with E-state index in [0.29, 0.717) is 47.7 Å². The van der Waals surface area contributed by atoms with Gasteiger partial charge >= 0.3 is 0 Å². The highest BCUT2D eigenvalue weighted by atomic mass is 35.5. The Bertz CT molecular complexity index is 1340. The largest absolute Gasteiger partial charge is 0.378 e. The Morgan fingerprint density at radius 2 is 2.00 bits per heavy atom. The number of hydrogen-bond acceptors (Lipinski definition) is 8. The maximum atomic E-state index is 12.3. The number of carbonyl (C=O) groups excluding carboxylic acids is 2. The Hall–Kier alpha value is -3.89. The van der Waals surface area contributed by atoms with Crippen LogP contribution in [0.2, 0.25) is 5.02 Å². The lowest BCUT2D eigenvalue weighted by atomic mass is 10.1. The highest BCUT2D eigenvalue weighted by Crippen LogP contribution is 2.32. The van der Waals surface area contributed by atoms with E-state index in [2.05, 4.69) is 25.5 Å². The summed E-state index contributed by atoms with van der Waals surface area (Å²) >= 11 is 6.42. The molecule has 2 aliphatic rings. The molecule has 11 heteroatoms. The van der Waals surface area contributed by atoms with Gasteiger partial charge in [-0.1, -0.05) is 11.6 Å². The summed E-state index contributed by atoms with van der Waals surface area (Å²) < 4.78 is 5.42. The van der Waals surface area contributed by atoms with Crippen LogP contribution < -0.4 is 26.2 Å². The number of rotatable bonds is 6. The zero-order chi connectivity index (χ0) is 25.9. The molecule has 5 rings (SSSR count). The van der Waals surface area contributed by atoms with Crippen LogP contribution in [-0.4, -0.2) is 55.1 Å². The Morgan fingerprint density at radius 1 is 1.19 bits per heavy atom. The van der Waals surface area contributed by atoms with E-state index < -0.39 is 5.91 Å². The van der Waals surface area contributed by atoms with E-state index in [0.717, 1.165) is 48.6 Å². The SMILES string of the molecule is CN(c1ccc2c(c1)CCCC(=O)N2)c1ncc(Cl)c(Nc2ccc(N3CCOCC3)cc2C(N)=O)n1. The number of halogens is 1. The number of nitrogens with one attached hydrogen (secondary N) is 2. The minimum atomic E-state index is -0.558.